The molecule has 2 aromatic rings. The SMILES string of the molecule is COc1cccc(C[C@H]2C[C@]34Nc5ccccc5[C@]35C(=CC=C[C@@H]25)NC4=O)c1. The van der Waals surface area contributed by atoms with Crippen molar-refractivity contribution in [2.75, 3.05) is 12.4 Å². The van der Waals surface area contributed by atoms with E-state index < -0.39 is 5.54 Å². The first kappa shape index (κ1) is 16.0. The Kier molecular flexibility index (Phi) is 3.02. The van der Waals surface area contributed by atoms with E-state index in [2.05, 4.69) is 59.2 Å². The highest BCUT2D eigenvalue weighted by Gasteiger charge is 2.76. The number of anilines is 1. The second-order valence-corrected chi connectivity index (χ2v) is 8.35. The Morgan fingerprint density at radius 1 is 1.18 bits per heavy atom. The fourth-order valence-electron chi connectivity index (χ4n) is 6.30. The molecule has 28 heavy (non-hydrogen) atoms. The molecule has 4 heteroatoms. The van der Waals surface area contributed by atoms with Gasteiger partial charge in [-0.3, -0.25) is 4.79 Å². The van der Waals surface area contributed by atoms with Crippen molar-refractivity contribution in [2.24, 2.45) is 11.8 Å². The molecule has 4 nitrogen and oxygen atoms in total. The molecule has 1 saturated carbocycles. The van der Waals surface area contributed by atoms with Gasteiger partial charge in [-0.15, -0.1) is 0 Å². The molecule has 0 aromatic heterocycles. The van der Waals surface area contributed by atoms with Crippen molar-refractivity contribution >= 4 is 11.6 Å². The molecule has 4 atom stereocenters. The van der Waals surface area contributed by atoms with Crippen LogP contribution in [0, 0.1) is 11.8 Å². The van der Waals surface area contributed by atoms with E-state index in [9.17, 15) is 4.79 Å². The highest BCUT2D eigenvalue weighted by molar-refractivity contribution is 6.02. The zero-order valence-electron chi connectivity index (χ0n) is 15.7. The summed E-state index contributed by atoms with van der Waals surface area (Å²) in [6.07, 6.45) is 8.28. The maximum Gasteiger partial charge on any atom is 0.251 e. The molecule has 6 rings (SSSR count). The van der Waals surface area contributed by atoms with Crippen LogP contribution >= 0.6 is 0 Å². The largest absolute Gasteiger partial charge is 0.497 e. The van der Waals surface area contributed by atoms with Crippen LogP contribution in [0.1, 0.15) is 17.5 Å². The molecule has 0 unspecified atom stereocenters. The normalized spacial score (nSPS) is 33.5. The Bertz CT molecular complexity index is 1070. The van der Waals surface area contributed by atoms with E-state index in [-0.39, 0.29) is 17.2 Å². The van der Waals surface area contributed by atoms with Gasteiger partial charge in [0.1, 0.15) is 11.3 Å². The van der Waals surface area contributed by atoms with Gasteiger partial charge in [-0.05, 0) is 60.1 Å². The quantitative estimate of drug-likeness (QED) is 0.869. The molecule has 0 radical (unpaired) electrons. The Morgan fingerprint density at radius 3 is 2.96 bits per heavy atom. The lowest BCUT2D eigenvalue weighted by atomic mass is 9.63. The fourth-order valence-corrected chi connectivity index (χ4v) is 6.30. The molecule has 1 saturated heterocycles. The zero-order chi connectivity index (χ0) is 18.9. The average molecular weight is 370 g/mol. The molecular formula is C24H22N2O2. The van der Waals surface area contributed by atoms with Gasteiger partial charge in [0.05, 0.1) is 12.5 Å². The number of methoxy groups -OCH3 is 1. The van der Waals surface area contributed by atoms with Crippen molar-refractivity contribution in [1.29, 1.82) is 0 Å². The van der Waals surface area contributed by atoms with E-state index in [1.807, 2.05) is 18.2 Å². The Hall–Kier alpha value is -3.01. The highest BCUT2D eigenvalue weighted by atomic mass is 16.5. The number of hydrogen-bond acceptors (Lipinski definition) is 3. The van der Waals surface area contributed by atoms with Crippen molar-refractivity contribution < 1.29 is 9.53 Å². The average Bonchev–Trinajstić information content (AvgIpc) is 3.25. The van der Waals surface area contributed by atoms with E-state index in [4.69, 9.17) is 4.74 Å². The van der Waals surface area contributed by atoms with Crippen LogP contribution < -0.4 is 15.4 Å². The second kappa shape index (κ2) is 5.28. The third-order valence-corrected chi connectivity index (χ3v) is 7.22. The van der Waals surface area contributed by atoms with Gasteiger partial charge in [0, 0.05) is 11.4 Å². The van der Waals surface area contributed by atoms with Gasteiger partial charge < -0.3 is 15.4 Å². The summed E-state index contributed by atoms with van der Waals surface area (Å²) in [7, 11) is 1.70. The third-order valence-electron chi connectivity index (χ3n) is 7.22. The number of benzene rings is 2. The minimum atomic E-state index is -0.596. The van der Waals surface area contributed by atoms with E-state index in [0.717, 1.165) is 30.0 Å². The maximum atomic E-state index is 13.3. The summed E-state index contributed by atoms with van der Waals surface area (Å²) in [5.41, 5.74) is 3.75. The van der Waals surface area contributed by atoms with E-state index in [0.29, 0.717) is 5.92 Å². The van der Waals surface area contributed by atoms with Gasteiger partial charge in [0.25, 0.3) is 5.91 Å². The molecule has 2 fully saturated rings. The van der Waals surface area contributed by atoms with Crippen molar-refractivity contribution in [3.8, 4) is 5.75 Å². The Balaban J connectivity index is 1.49. The standard InChI is InChI=1S/C24H22N2O2/c1-28-17-7-4-6-15(13-17)12-16-14-23-22(27)25-21-11-5-9-18(16)24(21,23)19-8-2-3-10-20(19)26-23/h2-11,13,16,18,26H,12,14H2,1H3,(H,25,27)/t16-,18-,23+,24+/m0/s1. The van der Waals surface area contributed by atoms with Crippen LogP contribution in [-0.2, 0) is 16.6 Å². The molecule has 1 spiro atoms. The van der Waals surface area contributed by atoms with Crippen LogP contribution in [-0.4, -0.2) is 18.6 Å². The summed E-state index contributed by atoms with van der Waals surface area (Å²) in [5, 5.41) is 6.87. The lowest BCUT2D eigenvalue weighted by molar-refractivity contribution is -0.123. The summed E-state index contributed by atoms with van der Waals surface area (Å²) in [4.78, 5) is 13.3. The van der Waals surface area contributed by atoms with Crippen molar-refractivity contribution in [1.82, 2.24) is 5.32 Å². The van der Waals surface area contributed by atoms with Crippen LogP contribution in [0.25, 0.3) is 0 Å². The predicted octanol–water partition coefficient (Wildman–Crippen LogP) is 3.56. The molecular weight excluding hydrogens is 348 g/mol. The summed E-state index contributed by atoms with van der Waals surface area (Å²) in [6.45, 7) is 0. The number of allylic oxidation sites excluding steroid dienone is 3. The van der Waals surface area contributed by atoms with E-state index in [1.165, 1.54) is 11.1 Å². The van der Waals surface area contributed by atoms with Gasteiger partial charge >= 0.3 is 0 Å². The van der Waals surface area contributed by atoms with Crippen LogP contribution in [0.5, 0.6) is 5.75 Å². The smallest absolute Gasteiger partial charge is 0.251 e. The van der Waals surface area contributed by atoms with Crippen LogP contribution in [0.3, 0.4) is 0 Å². The van der Waals surface area contributed by atoms with Gasteiger partial charge in [-0.1, -0.05) is 42.5 Å². The van der Waals surface area contributed by atoms with Crippen LogP contribution in [0.2, 0.25) is 0 Å². The van der Waals surface area contributed by atoms with Gasteiger partial charge in [0.2, 0.25) is 0 Å². The van der Waals surface area contributed by atoms with Crippen molar-refractivity contribution in [2.45, 2.75) is 23.8 Å². The summed E-state index contributed by atoms with van der Waals surface area (Å²) >= 11 is 0. The van der Waals surface area contributed by atoms with Gasteiger partial charge in [-0.25, -0.2) is 0 Å². The molecule has 4 aliphatic rings. The molecule has 0 bridgehead atoms. The number of fused-ring (bicyclic) bond motifs is 1. The Morgan fingerprint density at radius 2 is 2.07 bits per heavy atom. The molecule has 2 N–H and O–H groups in total. The monoisotopic (exact) mass is 370 g/mol. The molecule has 2 aliphatic carbocycles. The Labute approximate surface area is 164 Å². The molecule has 2 aliphatic heterocycles. The first-order valence-electron chi connectivity index (χ1n) is 9.90. The molecule has 2 heterocycles. The number of ether oxygens (including phenoxy) is 1. The number of carbonyl (C=O) groups excluding carboxylic acids is 1. The number of nitrogens with one attached hydrogen (secondary N) is 2. The third kappa shape index (κ3) is 1.69. The molecule has 1 amide bonds. The summed E-state index contributed by atoms with van der Waals surface area (Å²) in [5.74, 6) is 1.64. The van der Waals surface area contributed by atoms with Gasteiger partial charge in [0.15, 0.2) is 0 Å². The minimum absolute atomic E-state index is 0.108. The molecule has 2 aromatic carbocycles. The maximum absolute atomic E-state index is 13.3. The fraction of sp³-hybridized carbons (Fsp3) is 0.292. The highest BCUT2D eigenvalue weighted by Crippen LogP contribution is 2.68. The predicted molar refractivity (Wildman–Crippen MR) is 108 cm³/mol. The number of para-hydroxylation sites is 1. The summed E-state index contributed by atoms with van der Waals surface area (Å²) in [6, 6.07) is 16.7. The van der Waals surface area contributed by atoms with Crippen LogP contribution in [0.15, 0.2) is 72.5 Å². The lowest BCUT2D eigenvalue weighted by Gasteiger charge is -2.38. The van der Waals surface area contributed by atoms with E-state index >= 15 is 0 Å². The van der Waals surface area contributed by atoms with Gasteiger partial charge in [-0.2, -0.15) is 0 Å². The first-order valence-corrected chi connectivity index (χ1v) is 9.90. The lowest BCUT2D eigenvalue weighted by Crippen LogP contribution is -2.52. The minimum Gasteiger partial charge on any atom is -0.497 e. The van der Waals surface area contributed by atoms with Crippen LogP contribution in [0.4, 0.5) is 5.69 Å². The first-order chi connectivity index (χ1) is 13.7. The molecule has 140 valence electrons. The second-order valence-electron chi connectivity index (χ2n) is 8.35. The number of hydrogen-bond donors (Lipinski definition) is 2. The van der Waals surface area contributed by atoms with E-state index in [1.54, 1.807) is 7.11 Å². The number of amides is 1. The number of carbonyl (C=O) groups is 1. The zero-order valence-corrected chi connectivity index (χ0v) is 15.7. The van der Waals surface area contributed by atoms with Crippen molar-refractivity contribution in [3.63, 3.8) is 0 Å². The van der Waals surface area contributed by atoms with Crippen molar-refractivity contribution in [3.05, 3.63) is 83.6 Å². The number of rotatable bonds is 3. The summed E-state index contributed by atoms with van der Waals surface area (Å²) < 4.78 is 5.41. The topological polar surface area (TPSA) is 50.4 Å².